The van der Waals surface area contributed by atoms with Crippen molar-refractivity contribution >= 4 is 5.97 Å². The van der Waals surface area contributed by atoms with E-state index < -0.39 is 6.10 Å². The zero-order valence-corrected chi connectivity index (χ0v) is 17.4. The van der Waals surface area contributed by atoms with Crippen molar-refractivity contribution in [3.63, 3.8) is 0 Å². The topological polar surface area (TPSA) is 46.5 Å². The Hall–Kier alpha value is -0.870. The van der Waals surface area contributed by atoms with Gasteiger partial charge in [-0.3, -0.25) is 4.79 Å². The fourth-order valence-electron chi connectivity index (χ4n) is 3.62. The van der Waals surface area contributed by atoms with Gasteiger partial charge < -0.3 is 14.3 Å². The molecule has 0 aromatic rings. The second kappa shape index (κ2) is 13.3. The SMILES string of the molecule is C[N+](C)(C)CC(O)COC(=O)CCCCCCCCCC[C@H]1C=CCC1. The summed E-state index contributed by atoms with van der Waals surface area (Å²) in [5, 5.41) is 9.83. The predicted octanol–water partition coefficient (Wildman–Crippen LogP) is 4.46. The number of rotatable bonds is 15. The van der Waals surface area contributed by atoms with Gasteiger partial charge in [-0.2, -0.15) is 0 Å². The van der Waals surface area contributed by atoms with Crippen molar-refractivity contribution in [3.8, 4) is 0 Å². The number of allylic oxidation sites excluding steroid dienone is 2. The fraction of sp³-hybridized carbons (Fsp3) is 0.864. The summed E-state index contributed by atoms with van der Waals surface area (Å²) in [6.45, 7) is 0.704. The molecule has 1 rings (SSSR count). The van der Waals surface area contributed by atoms with Crippen LogP contribution in [0.5, 0.6) is 0 Å². The first-order valence-electron chi connectivity index (χ1n) is 10.7. The van der Waals surface area contributed by atoms with E-state index in [1.807, 2.05) is 21.1 Å². The Bertz CT molecular complexity index is 401. The van der Waals surface area contributed by atoms with Crippen LogP contribution >= 0.6 is 0 Å². The van der Waals surface area contributed by atoms with E-state index in [4.69, 9.17) is 4.74 Å². The minimum Gasteiger partial charge on any atom is -0.463 e. The number of unbranched alkanes of at least 4 members (excludes halogenated alkanes) is 7. The molecule has 4 nitrogen and oxygen atoms in total. The van der Waals surface area contributed by atoms with Gasteiger partial charge in [-0.05, 0) is 31.6 Å². The van der Waals surface area contributed by atoms with E-state index >= 15 is 0 Å². The summed E-state index contributed by atoms with van der Waals surface area (Å²) < 4.78 is 5.82. The fourth-order valence-corrected chi connectivity index (χ4v) is 3.62. The molecular weight excluding hydrogens is 326 g/mol. The number of aliphatic hydroxyl groups is 1. The lowest BCUT2D eigenvalue weighted by Gasteiger charge is -2.26. The van der Waals surface area contributed by atoms with E-state index in [2.05, 4.69) is 12.2 Å². The van der Waals surface area contributed by atoms with E-state index in [-0.39, 0.29) is 12.6 Å². The second-order valence-electron chi connectivity index (χ2n) is 8.94. The summed E-state index contributed by atoms with van der Waals surface area (Å²) in [5.41, 5.74) is 0. The number of aliphatic hydroxyl groups excluding tert-OH is 1. The summed E-state index contributed by atoms with van der Waals surface area (Å²) in [6.07, 6.45) is 18.6. The van der Waals surface area contributed by atoms with Crippen LogP contribution < -0.4 is 0 Å². The van der Waals surface area contributed by atoms with Crippen LogP contribution in [0, 0.1) is 5.92 Å². The van der Waals surface area contributed by atoms with Gasteiger partial charge in [0.25, 0.3) is 0 Å². The molecule has 0 bridgehead atoms. The van der Waals surface area contributed by atoms with Crippen LogP contribution in [0.2, 0.25) is 0 Å². The van der Waals surface area contributed by atoms with Crippen LogP contribution in [0.1, 0.15) is 77.0 Å². The van der Waals surface area contributed by atoms with Crippen LogP contribution in [0.25, 0.3) is 0 Å². The summed E-state index contributed by atoms with van der Waals surface area (Å²) in [5.74, 6) is 0.690. The van der Waals surface area contributed by atoms with Crippen LogP contribution in [0.3, 0.4) is 0 Å². The first-order chi connectivity index (χ1) is 12.4. The highest BCUT2D eigenvalue weighted by atomic mass is 16.5. The van der Waals surface area contributed by atoms with Gasteiger partial charge in [-0.1, -0.05) is 57.1 Å². The Balaban J connectivity index is 1.83. The van der Waals surface area contributed by atoms with Gasteiger partial charge in [-0.25, -0.2) is 0 Å². The van der Waals surface area contributed by atoms with Gasteiger partial charge in [0.15, 0.2) is 0 Å². The van der Waals surface area contributed by atoms with Crippen LogP contribution in [-0.2, 0) is 9.53 Å². The molecule has 0 saturated carbocycles. The number of esters is 1. The third kappa shape index (κ3) is 13.3. The Morgan fingerprint density at radius 2 is 1.69 bits per heavy atom. The van der Waals surface area contributed by atoms with E-state index in [1.165, 1.54) is 57.8 Å². The summed E-state index contributed by atoms with van der Waals surface area (Å²) in [6, 6.07) is 0. The van der Waals surface area contributed by atoms with Crippen molar-refractivity contribution in [2.45, 2.75) is 83.2 Å². The number of likely N-dealkylation sites (N-methyl/N-ethyl adjacent to an activating group) is 1. The molecule has 0 aromatic carbocycles. The number of ether oxygens (including phenoxy) is 1. The van der Waals surface area contributed by atoms with Gasteiger partial charge >= 0.3 is 5.97 Å². The monoisotopic (exact) mass is 368 g/mol. The van der Waals surface area contributed by atoms with Crippen molar-refractivity contribution in [2.75, 3.05) is 34.3 Å². The molecule has 152 valence electrons. The molecule has 0 spiro atoms. The highest BCUT2D eigenvalue weighted by Crippen LogP contribution is 2.23. The Kier molecular flexibility index (Phi) is 11.9. The third-order valence-electron chi connectivity index (χ3n) is 5.01. The maximum Gasteiger partial charge on any atom is 0.305 e. The lowest BCUT2D eigenvalue weighted by Crippen LogP contribution is -2.43. The predicted molar refractivity (Wildman–Crippen MR) is 108 cm³/mol. The molecule has 2 atom stereocenters. The lowest BCUT2D eigenvalue weighted by molar-refractivity contribution is -0.873. The number of hydrogen-bond acceptors (Lipinski definition) is 3. The van der Waals surface area contributed by atoms with Crippen molar-refractivity contribution in [1.82, 2.24) is 0 Å². The summed E-state index contributed by atoms with van der Waals surface area (Å²) >= 11 is 0. The molecule has 0 aliphatic heterocycles. The standard InChI is InChI=1S/C22H42NO3/c1-23(2,3)18-21(24)19-26-22(25)17-11-9-7-5-4-6-8-10-14-20-15-12-13-16-20/h12,15,20-21,24H,4-11,13-14,16-19H2,1-3H3/q+1/t20-,21?/m0/s1. The molecule has 0 saturated heterocycles. The molecule has 1 unspecified atom stereocenters. The van der Waals surface area contributed by atoms with Gasteiger partial charge in [0.1, 0.15) is 19.3 Å². The maximum atomic E-state index is 11.7. The number of carbonyl (C=O) groups is 1. The molecule has 4 heteroatoms. The van der Waals surface area contributed by atoms with E-state index in [0.29, 0.717) is 17.4 Å². The Morgan fingerprint density at radius 3 is 2.27 bits per heavy atom. The average Bonchev–Trinajstić information content (AvgIpc) is 3.06. The lowest BCUT2D eigenvalue weighted by atomic mass is 9.99. The highest BCUT2D eigenvalue weighted by molar-refractivity contribution is 5.69. The first kappa shape index (κ1) is 23.2. The van der Waals surface area contributed by atoms with Crippen molar-refractivity contribution < 1.29 is 19.1 Å². The second-order valence-corrected chi connectivity index (χ2v) is 8.94. The normalized spacial score (nSPS) is 18.2. The quantitative estimate of drug-likeness (QED) is 0.201. The van der Waals surface area contributed by atoms with E-state index in [0.717, 1.165) is 18.8 Å². The van der Waals surface area contributed by atoms with Crippen LogP contribution in [0.4, 0.5) is 0 Å². The number of carbonyl (C=O) groups excluding carboxylic acids is 1. The van der Waals surface area contributed by atoms with E-state index in [9.17, 15) is 9.90 Å². The molecule has 0 fully saturated rings. The largest absolute Gasteiger partial charge is 0.463 e. The summed E-state index contributed by atoms with van der Waals surface area (Å²) in [7, 11) is 6.04. The molecule has 0 amide bonds. The molecule has 26 heavy (non-hydrogen) atoms. The Morgan fingerprint density at radius 1 is 1.08 bits per heavy atom. The molecule has 1 aliphatic carbocycles. The zero-order valence-electron chi connectivity index (χ0n) is 17.4. The molecule has 0 radical (unpaired) electrons. The molecule has 1 N–H and O–H groups in total. The zero-order chi connectivity index (χ0) is 19.3. The van der Waals surface area contributed by atoms with E-state index in [1.54, 1.807) is 0 Å². The van der Waals surface area contributed by atoms with Crippen LogP contribution in [0.15, 0.2) is 12.2 Å². The Labute approximate surface area is 161 Å². The van der Waals surface area contributed by atoms with Gasteiger partial charge in [0, 0.05) is 6.42 Å². The van der Waals surface area contributed by atoms with Crippen molar-refractivity contribution in [3.05, 3.63) is 12.2 Å². The molecular formula is C22H42NO3+. The van der Waals surface area contributed by atoms with Gasteiger partial charge in [0.05, 0.1) is 21.1 Å². The van der Waals surface area contributed by atoms with Crippen LogP contribution in [-0.4, -0.2) is 56.0 Å². The summed E-state index contributed by atoms with van der Waals surface area (Å²) in [4.78, 5) is 11.7. The van der Waals surface area contributed by atoms with Gasteiger partial charge in [0.2, 0.25) is 0 Å². The minimum atomic E-state index is -0.580. The number of nitrogens with zero attached hydrogens (tertiary/aromatic N) is 1. The first-order valence-corrected chi connectivity index (χ1v) is 10.7. The number of quaternary nitrogens is 1. The van der Waals surface area contributed by atoms with Gasteiger partial charge in [-0.15, -0.1) is 0 Å². The maximum absolute atomic E-state index is 11.7. The molecule has 0 aromatic heterocycles. The van der Waals surface area contributed by atoms with Crippen molar-refractivity contribution in [1.29, 1.82) is 0 Å². The average molecular weight is 369 g/mol. The molecule has 1 aliphatic rings. The number of hydrogen-bond donors (Lipinski definition) is 1. The van der Waals surface area contributed by atoms with Crippen molar-refractivity contribution in [2.24, 2.45) is 5.92 Å². The third-order valence-corrected chi connectivity index (χ3v) is 5.01. The highest BCUT2D eigenvalue weighted by Gasteiger charge is 2.17. The minimum absolute atomic E-state index is 0.116. The smallest absolute Gasteiger partial charge is 0.305 e. The molecule has 0 heterocycles.